The standard InChI is InChI=1S/C47H27N3O2/c1-3-12-28(13-4-1)37-27-39(34-19-11-18-32-31-16-7-9-20-40(31)52-46(32)34)50-47(49-37)30-22-23-33-38(26-30)48-45(29-14-5-2-6-15-29)36-24-25-42-44(43(33)36)35-17-8-10-21-41(35)51-42/h1-27H. The van der Waals surface area contributed by atoms with Crippen molar-refractivity contribution in [1.29, 1.82) is 0 Å². The predicted molar refractivity (Wildman–Crippen MR) is 211 cm³/mol. The van der Waals surface area contributed by atoms with Crippen molar-refractivity contribution in [2.75, 3.05) is 0 Å². The number of rotatable bonds is 4. The Morgan fingerprint density at radius 3 is 1.87 bits per heavy atom. The van der Waals surface area contributed by atoms with E-state index in [-0.39, 0.29) is 0 Å². The molecule has 4 heterocycles. The number of aromatic nitrogens is 3. The van der Waals surface area contributed by atoms with Gasteiger partial charge in [-0.2, -0.15) is 0 Å². The maximum Gasteiger partial charge on any atom is 0.160 e. The molecule has 0 fully saturated rings. The minimum atomic E-state index is 0.612. The normalized spacial score (nSPS) is 11.8. The van der Waals surface area contributed by atoms with E-state index in [9.17, 15) is 0 Å². The van der Waals surface area contributed by atoms with Gasteiger partial charge >= 0.3 is 0 Å². The Kier molecular flexibility index (Phi) is 6.18. The van der Waals surface area contributed by atoms with Crippen molar-refractivity contribution in [2.24, 2.45) is 0 Å². The van der Waals surface area contributed by atoms with Gasteiger partial charge in [-0.25, -0.2) is 15.0 Å². The topological polar surface area (TPSA) is 65.0 Å². The Bertz CT molecular complexity index is 3180. The molecular formula is C47H27N3O2. The quantitative estimate of drug-likeness (QED) is 0.175. The number of furan rings is 2. The Hall–Kier alpha value is -7.11. The molecule has 5 heteroatoms. The lowest BCUT2D eigenvalue weighted by Crippen LogP contribution is -1.97. The fourth-order valence-corrected chi connectivity index (χ4v) is 7.69. The number of fused-ring (bicyclic) bond motifs is 10. The van der Waals surface area contributed by atoms with Crippen LogP contribution >= 0.6 is 0 Å². The van der Waals surface area contributed by atoms with Crippen molar-refractivity contribution in [3.05, 3.63) is 164 Å². The van der Waals surface area contributed by atoms with E-state index < -0.39 is 0 Å². The summed E-state index contributed by atoms with van der Waals surface area (Å²) in [5.74, 6) is 0.612. The average Bonchev–Trinajstić information content (AvgIpc) is 3.79. The van der Waals surface area contributed by atoms with Crippen LogP contribution in [0, 0.1) is 0 Å². The third-order valence-electron chi connectivity index (χ3n) is 10.1. The summed E-state index contributed by atoms with van der Waals surface area (Å²) in [5, 5.41) is 7.56. The first-order valence-corrected chi connectivity index (χ1v) is 17.4. The first-order valence-electron chi connectivity index (χ1n) is 17.4. The van der Waals surface area contributed by atoms with Gasteiger partial charge in [0.1, 0.15) is 22.3 Å². The molecule has 0 aliphatic rings. The second-order valence-corrected chi connectivity index (χ2v) is 13.1. The van der Waals surface area contributed by atoms with Crippen LogP contribution in [0.2, 0.25) is 0 Å². The summed E-state index contributed by atoms with van der Waals surface area (Å²) in [6, 6.07) is 55.9. The zero-order valence-corrected chi connectivity index (χ0v) is 27.7. The predicted octanol–water partition coefficient (Wildman–Crippen LogP) is 12.6. The van der Waals surface area contributed by atoms with Gasteiger partial charge in [0.15, 0.2) is 5.82 Å². The lowest BCUT2D eigenvalue weighted by molar-refractivity contribution is 0.669. The zero-order valence-electron chi connectivity index (χ0n) is 27.7. The molecule has 5 nitrogen and oxygen atoms in total. The molecule has 0 radical (unpaired) electrons. The van der Waals surface area contributed by atoms with Gasteiger partial charge in [-0.05, 0) is 42.5 Å². The Morgan fingerprint density at radius 2 is 1.04 bits per heavy atom. The molecule has 0 aliphatic heterocycles. The maximum atomic E-state index is 6.46. The van der Waals surface area contributed by atoms with Gasteiger partial charge in [0.2, 0.25) is 0 Å². The lowest BCUT2D eigenvalue weighted by Gasteiger charge is -2.13. The molecule has 242 valence electrons. The maximum absolute atomic E-state index is 6.46. The molecule has 4 aromatic heterocycles. The van der Waals surface area contributed by atoms with Gasteiger partial charge in [-0.15, -0.1) is 0 Å². The van der Waals surface area contributed by atoms with E-state index in [0.29, 0.717) is 5.82 Å². The first-order chi connectivity index (χ1) is 25.8. The molecular weight excluding hydrogens is 639 g/mol. The SMILES string of the molecule is c1ccc(-c2cc(-c3cccc4c3oc3ccccc34)nc(-c3ccc4c(c3)nc(-c3ccccc3)c3ccc5oc6ccccc6c5c34)n2)cc1. The van der Waals surface area contributed by atoms with E-state index in [1.165, 1.54) is 0 Å². The summed E-state index contributed by atoms with van der Waals surface area (Å²) in [6.45, 7) is 0. The van der Waals surface area contributed by atoms with Crippen LogP contribution in [0.25, 0.3) is 111 Å². The van der Waals surface area contributed by atoms with E-state index in [1.807, 2.05) is 54.6 Å². The largest absolute Gasteiger partial charge is 0.456 e. The highest BCUT2D eigenvalue weighted by Gasteiger charge is 2.20. The number of hydrogen-bond donors (Lipinski definition) is 0. The van der Waals surface area contributed by atoms with Gasteiger partial charge in [0, 0.05) is 60.0 Å². The summed E-state index contributed by atoms with van der Waals surface area (Å²) in [6.07, 6.45) is 0. The van der Waals surface area contributed by atoms with Gasteiger partial charge in [0.05, 0.1) is 22.6 Å². The van der Waals surface area contributed by atoms with Crippen LogP contribution in [0.1, 0.15) is 0 Å². The van der Waals surface area contributed by atoms with Crippen LogP contribution in [-0.2, 0) is 0 Å². The molecule has 11 aromatic rings. The van der Waals surface area contributed by atoms with Crippen LogP contribution in [0.5, 0.6) is 0 Å². The van der Waals surface area contributed by atoms with Crippen molar-refractivity contribution in [1.82, 2.24) is 15.0 Å². The Labute approximate surface area is 297 Å². The van der Waals surface area contributed by atoms with Gasteiger partial charge < -0.3 is 8.83 Å². The number of hydrogen-bond acceptors (Lipinski definition) is 5. The van der Waals surface area contributed by atoms with Gasteiger partial charge in [-0.3, -0.25) is 0 Å². The molecule has 52 heavy (non-hydrogen) atoms. The summed E-state index contributed by atoms with van der Waals surface area (Å²) >= 11 is 0. The van der Waals surface area contributed by atoms with Gasteiger partial charge in [-0.1, -0.05) is 121 Å². The molecule has 0 spiro atoms. The third-order valence-corrected chi connectivity index (χ3v) is 10.1. The molecule has 7 aromatic carbocycles. The highest BCUT2D eigenvalue weighted by Crippen LogP contribution is 2.42. The van der Waals surface area contributed by atoms with Crippen molar-refractivity contribution < 1.29 is 8.83 Å². The monoisotopic (exact) mass is 665 g/mol. The fraction of sp³-hybridized carbons (Fsp3) is 0. The Morgan fingerprint density at radius 1 is 0.365 bits per heavy atom. The fourth-order valence-electron chi connectivity index (χ4n) is 7.69. The molecule has 11 rings (SSSR count). The van der Waals surface area contributed by atoms with Crippen LogP contribution in [0.4, 0.5) is 0 Å². The zero-order chi connectivity index (χ0) is 34.2. The number of benzene rings is 7. The van der Waals surface area contributed by atoms with E-state index in [1.54, 1.807) is 0 Å². The molecule has 0 amide bonds. The van der Waals surface area contributed by atoms with Gasteiger partial charge in [0.25, 0.3) is 0 Å². The van der Waals surface area contributed by atoms with Crippen LogP contribution in [0.3, 0.4) is 0 Å². The Balaban J connectivity index is 1.19. The third kappa shape index (κ3) is 4.39. The van der Waals surface area contributed by atoms with Crippen molar-refractivity contribution in [2.45, 2.75) is 0 Å². The van der Waals surface area contributed by atoms with E-state index in [4.69, 9.17) is 23.8 Å². The summed E-state index contributed by atoms with van der Waals surface area (Å²) < 4.78 is 12.8. The molecule has 0 aliphatic carbocycles. The molecule has 0 saturated heterocycles. The first kappa shape index (κ1) is 28.7. The number of para-hydroxylation sites is 3. The lowest BCUT2D eigenvalue weighted by atomic mass is 9.95. The van der Waals surface area contributed by atoms with Crippen molar-refractivity contribution >= 4 is 65.6 Å². The molecule has 0 atom stereocenters. The van der Waals surface area contributed by atoms with Crippen LogP contribution in [0.15, 0.2) is 173 Å². The number of pyridine rings is 1. The van der Waals surface area contributed by atoms with Crippen molar-refractivity contribution in [3.8, 4) is 45.2 Å². The second kappa shape index (κ2) is 11.2. The van der Waals surface area contributed by atoms with E-state index >= 15 is 0 Å². The highest BCUT2D eigenvalue weighted by molar-refractivity contribution is 6.28. The summed E-state index contributed by atoms with van der Waals surface area (Å²) in [5.41, 5.74) is 10.6. The van der Waals surface area contributed by atoms with E-state index in [0.717, 1.165) is 105 Å². The summed E-state index contributed by atoms with van der Waals surface area (Å²) in [4.78, 5) is 15.8. The number of nitrogens with zero attached hydrogens (tertiary/aromatic N) is 3. The van der Waals surface area contributed by atoms with Crippen LogP contribution < -0.4 is 0 Å². The van der Waals surface area contributed by atoms with E-state index in [2.05, 4.69) is 109 Å². The highest BCUT2D eigenvalue weighted by atomic mass is 16.3. The average molecular weight is 666 g/mol. The molecule has 0 N–H and O–H groups in total. The minimum absolute atomic E-state index is 0.612. The van der Waals surface area contributed by atoms with Crippen molar-refractivity contribution in [3.63, 3.8) is 0 Å². The second-order valence-electron chi connectivity index (χ2n) is 13.1. The van der Waals surface area contributed by atoms with Crippen LogP contribution in [-0.4, -0.2) is 15.0 Å². The summed E-state index contributed by atoms with van der Waals surface area (Å²) in [7, 11) is 0. The smallest absolute Gasteiger partial charge is 0.160 e. The molecule has 0 unspecified atom stereocenters. The molecule has 0 bridgehead atoms. The molecule has 0 saturated carbocycles. The minimum Gasteiger partial charge on any atom is -0.456 e.